The van der Waals surface area contributed by atoms with Crippen molar-refractivity contribution < 1.29 is 4.79 Å². The lowest BCUT2D eigenvalue weighted by atomic mass is 10.3. The lowest BCUT2D eigenvalue weighted by molar-refractivity contribution is -0.128. The molecule has 1 aromatic rings. The zero-order chi connectivity index (χ0) is 12.3. The number of carbonyl (C=O) groups excluding carboxylic acids is 1. The molecular formula is C12H18N4O. The Labute approximate surface area is 101 Å². The van der Waals surface area contributed by atoms with Crippen LogP contribution in [0.3, 0.4) is 0 Å². The molecule has 17 heavy (non-hydrogen) atoms. The van der Waals surface area contributed by atoms with Gasteiger partial charge in [0, 0.05) is 33.1 Å². The van der Waals surface area contributed by atoms with Crippen LogP contribution in [0.15, 0.2) is 18.3 Å². The van der Waals surface area contributed by atoms with Crippen molar-refractivity contribution in [1.29, 1.82) is 0 Å². The number of pyridine rings is 1. The Balaban J connectivity index is 2.03. The lowest BCUT2D eigenvalue weighted by Crippen LogP contribution is -2.33. The van der Waals surface area contributed by atoms with Gasteiger partial charge in [0.1, 0.15) is 5.82 Å². The molecule has 1 saturated heterocycles. The number of carbonyl (C=O) groups is 1. The summed E-state index contributed by atoms with van der Waals surface area (Å²) in [5, 5.41) is 0. The number of rotatable bonds is 1. The molecule has 0 bridgehead atoms. The topological polar surface area (TPSA) is 62.5 Å². The van der Waals surface area contributed by atoms with E-state index in [1.54, 1.807) is 13.1 Å². The Bertz CT molecular complexity index is 390. The van der Waals surface area contributed by atoms with Gasteiger partial charge in [0.05, 0.1) is 11.9 Å². The predicted molar refractivity (Wildman–Crippen MR) is 67.7 cm³/mol. The average Bonchev–Trinajstić information content (AvgIpc) is 2.55. The van der Waals surface area contributed by atoms with Gasteiger partial charge in [-0.15, -0.1) is 0 Å². The number of anilines is 2. The Morgan fingerprint density at radius 3 is 2.76 bits per heavy atom. The van der Waals surface area contributed by atoms with Crippen molar-refractivity contribution >= 4 is 17.4 Å². The average molecular weight is 234 g/mol. The largest absolute Gasteiger partial charge is 0.397 e. The molecule has 92 valence electrons. The van der Waals surface area contributed by atoms with Gasteiger partial charge in [0.15, 0.2) is 0 Å². The van der Waals surface area contributed by atoms with E-state index in [0.717, 1.165) is 38.4 Å². The van der Waals surface area contributed by atoms with Crippen LogP contribution in [0.2, 0.25) is 0 Å². The second kappa shape index (κ2) is 5.03. The molecule has 0 unspecified atom stereocenters. The van der Waals surface area contributed by atoms with Crippen molar-refractivity contribution in [3.05, 3.63) is 18.3 Å². The highest BCUT2D eigenvalue weighted by Gasteiger charge is 2.17. The van der Waals surface area contributed by atoms with E-state index in [-0.39, 0.29) is 5.91 Å². The van der Waals surface area contributed by atoms with Gasteiger partial charge in [0.25, 0.3) is 0 Å². The van der Waals surface area contributed by atoms with E-state index in [4.69, 9.17) is 5.73 Å². The standard InChI is InChI=1S/C12H18N4O/c1-10(17)15-5-2-6-16(8-7-15)12-4-3-11(13)9-14-12/h3-4,9H,2,5-8,13H2,1H3. The van der Waals surface area contributed by atoms with Gasteiger partial charge in [0.2, 0.25) is 5.91 Å². The third-order valence-electron chi connectivity index (χ3n) is 3.04. The van der Waals surface area contributed by atoms with E-state index in [2.05, 4.69) is 9.88 Å². The Morgan fingerprint density at radius 2 is 2.12 bits per heavy atom. The first kappa shape index (κ1) is 11.7. The molecule has 5 heteroatoms. The quantitative estimate of drug-likeness (QED) is 0.778. The summed E-state index contributed by atoms with van der Waals surface area (Å²) in [7, 11) is 0. The Kier molecular flexibility index (Phi) is 3.46. The van der Waals surface area contributed by atoms with Crippen LogP contribution in [0.5, 0.6) is 0 Å². The summed E-state index contributed by atoms with van der Waals surface area (Å²) in [5.74, 6) is 1.08. The van der Waals surface area contributed by atoms with E-state index >= 15 is 0 Å². The maximum Gasteiger partial charge on any atom is 0.219 e. The zero-order valence-electron chi connectivity index (χ0n) is 10.1. The molecule has 1 fully saturated rings. The van der Waals surface area contributed by atoms with Crippen LogP contribution in [0.1, 0.15) is 13.3 Å². The number of hydrogen-bond acceptors (Lipinski definition) is 4. The highest BCUT2D eigenvalue weighted by atomic mass is 16.2. The number of hydrogen-bond donors (Lipinski definition) is 1. The minimum absolute atomic E-state index is 0.150. The second-order valence-electron chi connectivity index (χ2n) is 4.30. The molecule has 2 rings (SSSR count). The number of aromatic nitrogens is 1. The van der Waals surface area contributed by atoms with Crippen molar-refractivity contribution in [3.63, 3.8) is 0 Å². The molecule has 2 N–H and O–H groups in total. The van der Waals surface area contributed by atoms with Gasteiger partial charge in [-0.3, -0.25) is 4.79 Å². The van der Waals surface area contributed by atoms with Gasteiger partial charge in [-0.2, -0.15) is 0 Å². The van der Waals surface area contributed by atoms with E-state index in [1.807, 2.05) is 17.0 Å². The van der Waals surface area contributed by atoms with E-state index in [9.17, 15) is 4.79 Å². The van der Waals surface area contributed by atoms with Crippen molar-refractivity contribution in [1.82, 2.24) is 9.88 Å². The zero-order valence-corrected chi connectivity index (χ0v) is 10.1. The molecule has 1 aromatic heterocycles. The van der Waals surface area contributed by atoms with Crippen LogP contribution < -0.4 is 10.6 Å². The highest BCUT2D eigenvalue weighted by Crippen LogP contribution is 2.14. The summed E-state index contributed by atoms with van der Waals surface area (Å²) >= 11 is 0. The fourth-order valence-corrected chi connectivity index (χ4v) is 2.05. The molecule has 1 aliphatic heterocycles. The summed E-state index contributed by atoms with van der Waals surface area (Å²) in [6.07, 6.45) is 2.65. The van der Waals surface area contributed by atoms with Crippen molar-refractivity contribution in [2.24, 2.45) is 0 Å². The van der Waals surface area contributed by atoms with Gasteiger partial charge >= 0.3 is 0 Å². The lowest BCUT2D eigenvalue weighted by Gasteiger charge is -2.22. The van der Waals surface area contributed by atoms with Gasteiger partial charge in [-0.25, -0.2) is 4.98 Å². The first-order valence-corrected chi connectivity index (χ1v) is 5.89. The number of nitrogen functional groups attached to an aromatic ring is 1. The number of nitrogens with two attached hydrogens (primary N) is 1. The van der Waals surface area contributed by atoms with Crippen LogP contribution in [0, 0.1) is 0 Å². The molecule has 0 saturated carbocycles. The molecule has 0 aliphatic carbocycles. The minimum atomic E-state index is 0.150. The van der Waals surface area contributed by atoms with Crippen LogP contribution in [0.25, 0.3) is 0 Å². The SMILES string of the molecule is CC(=O)N1CCCN(c2ccc(N)cn2)CC1. The summed E-state index contributed by atoms with van der Waals surface area (Å²) in [5.41, 5.74) is 6.29. The molecule has 0 spiro atoms. The number of amides is 1. The molecule has 1 aliphatic rings. The Morgan fingerprint density at radius 1 is 1.29 bits per heavy atom. The molecule has 0 aromatic carbocycles. The third-order valence-corrected chi connectivity index (χ3v) is 3.04. The third kappa shape index (κ3) is 2.87. The van der Waals surface area contributed by atoms with Crippen LogP contribution in [-0.4, -0.2) is 42.0 Å². The molecule has 1 amide bonds. The van der Waals surface area contributed by atoms with E-state index in [1.165, 1.54) is 0 Å². The normalized spacial score (nSPS) is 16.8. The minimum Gasteiger partial charge on any atom is -0.397 e. The number of nitrogens with zero attached hydrogens (tertiary/aromatic N) is 3. The van der Waals surface area contributed by atoms with Crippen molar-refractivity contribution in [3.8, 4) is 0 Å². The fraction of sp³-hybridized carbons (Fsp3) is 0.500. The Hall–Kier alpha value is -1.78. The van der Waals surface area contributed by atoms with Crippen LogP contribution in [-0.2, 0) is 4.79 Å². The van der Waals surface area contributed by atoms with E-state index in [0.29, 0.717) is 5.69 Å². The van der Waals surface area contributed by atoms with Crippen LogP contribution in [0.4, 0.5) is 11.5 Å². The smallest absolute Gasteiger partial charge is 0.219 e. The fourth-order valence-electron chi connectivity index (χ4n) is 2.05. The molecular weight excluding hydrogens is 216 g/mol. The molecule has 0 radical (unpaired) electrons. The molecule has 2 heterocycles. The van der Waals surface area contributed by atoms with Crippen molar-refractivity contribution in [2.75, 3.05) is 36.8 Å². The maximum absolute atomic E-state index is 11.3. The summed E-state index contributed by atoms with van der Waals surface area (Å²) in [6.45, 7) is 4.98. The molecule has 5 nitrogen and oxygen atoms in total. The van der Waals surface area contributed by atoms with Gasteiger partial charge in [-0.1, -0.05) is 0 Å². The first-order valence-electron chi connectivity index (χ1n) is 5.89. The maximum atomic E-state index is 11.3. The highest BCUT2D eigenvalue weighted by molar-refractivity contribution is 5.73. The van der Waals surface area contributed by atoms with Gasteiger partial charge in [-0.05, 0) is 18.6 Å². The summed E-state index contributed by atoms with van der Waals surface area (Å²) in [4.78, 5) is 19.7. The van der Waals surface area contributed by atoms with Gasteiger partial charge < -0.3 is 15.5 Å². The second-order valence-corrected chi connectivity index (χ2v) is 4.30. The first-order chi connectivity index (χ1) is 8.16. The summed E-state index contributed by atoms with van der Waals surface area (Å²) < 4.78 is 0. The summed E-state index contributed by atoms with van der Waals surface area (Å²) in [6, 6.07) is 3.79. The monoisotopic (exact) mass is 234 g/mol. The van der Waals surface area contributed by atoms with Crippen molar-refractivity contribution in [2.45, 2.75) is 13.3 Å². The van der Waals surface area contributed by atoms with Crippen LogP contribution >= 0.6 is 0 Å². The van der Waals surface area contributed by atoms with E-state index < -0.39 is 0 Å². The predicted octanol–water partition coefficient (Wildman–Crippen LogP) is 0.722. The molecule has 0 atom stereocenters.